The summed E-state index contributed by atoms with van der Waals surface area (Å²) < 4.78 is 0. The summed E-state index contributed by atoms with van der Waals surface area (Å²) in [5.74, 6) is 0. The Hall–Kier alpha value is 1.95. The van der Waals surface area contributed by atoms with Crippen LogP contribution < -0.4 is 0 Å². The molecule has 0 aromatic rings. The van der Waals surface area contributed by atoms with Gasteiger partial charge >= 0.3 is 23.7 Å². The van der Waals surface area contributed by atoms with E-state index in [2.05, 4.69) is 0 Å². The summed E-state index contributed by atoms with van der Waals surface area (Å²) in [5, 5.41) is 0. The van der Waals surface area contributed by atoms with Crippen LogP contribution in [-0.2, 0) is 0 Å². The molecule has 0 N–H and O–H groups in total. The largest absolute Gasteiger partial charge is 2.00 e. The average Bonchev–Trinajstić information content (AvgIpc) is 0. The van der Waals surface area contributed by atoms with E-state index in [4.69, 9.17) is 0 Å². The Kier molecular flexibility index (Phi) is 496. The molecule has 5 heteroatoms. The fourth-order valence-corrected chi connectivity index (χ4v) is 0. The first kappa shape index (κ1) is 64.7. The maximum atomic E-state index is 0. The first-order valence-electron chi connectivity index (χ1n) is 0. The molecule has 0 amide bonds. The maximum absolute atomic E-state index is 0. The molecular formula is H4Cl4Te+2. The van der Waals surface area contributed by atoms with Gasteiger partial charge in [-0.25, -0.2) is 0 Å². The van der Waals surface area contributed by atoms with Gasteiger partial charge in [-0.1, -0.05) is 0 Å². The smallest absolute Gasteiger partial charge is 0.147 e. The quantitative estimate of drug-likeness (QED) is 0.584. The van der Waals surface area contributed by atoms with E-state index < -0.39 is 0 Å². The zero-order chi connectivity index (χ0) is 0. The zero-order valence-corrected chi connectivity index (χ0v) is 7.64. The van der Waals surface area contributed by atoms with Gasteiger partial charge in [0.25, 0.3) is 0 Å². The van der Waals surface area contributed by atoms with E-state index >= 15 is 0 Å². The first-order valence-corrected chi connectivity index (χ1v) is 0. The van der Waals surface area contributed by atoms with Crippen molar-refractivity contribution in [2.24, 2.45) is 0 Å². The average molecular weight is 273 g/mol. The Labute approximate surface area is 72.8 Å². The van der Waals surface area contributed by atoms with Gasteiger partial charge in [0.05, 0.1) is 0 Å². The predicted octanol–water partition coefficient (Wildman–Crippen LogP) is 1.31. The van der Waals surface area contributed by atoms with Gasteiger partial charge < -0.3 is 0 Å². The van der Waals surface area contributed by atoms with Crippen LogP contribution in [0.25, 0.3) is 0 Å². The fraction of sp³-hybridized carbons (Fsp3) is 0. The number of rotatable bonds is 0. The van der Waals surface area contributed by atoms with Gasteiger partial charge in [-0.2, -0.15) is 0 Å². The topological polar surface area (TPSA) is 0 Å². The fourth-order valence-electron chi connectivity index (χ4n) is 0. The van der Waals surface area contributed by atoms with Crippen molar-refractivity contribution in [3.8, 4) is 0 Å². The molecule has 0 aliphatic heterocycles. The van der Waals surface area contributed by atoms with Crippen LogP contribution in [0.2, 0.25) is 0 Å². The predicted molar refractivity (Wildman–Crippen MR) is 34.7 cm³/mol. The Morgan fingerprint density at radius 1 is 0.400 bits per heavy atom. The van der Waals surface area contributed by atoms with Gasteiger partial charge in [-0.3, -0.25) is 0 Å². The molecule has 0 aliphatic carbocycles. The van der Waals surface area contributed by atoms with Gasteiger partial charge in [0, 0.05) is 0 Å². The summed E-state index contributed by atoms with van der Waals surface area (Å²) in [4.78, 5) is 0. The summed E-state index contributed by atoms with van der Waals surface area (Å²) in [6.45, 7) is 0. The van der Waals surface area contributed by atoms with Crippen LogP contribution in [-0.4, -0.2) is 23.7 Å². The molecule has 0 aromatic carbocycles. The Morgan fingerprint density at radius 3 is 0.400 bits per heavy atom. The SMILES string of the molecule is Cl.Cl.Cl.Cl.[Te+2]. The van der Waals surface area contributed by atoms with Crippen LogP contribution in [0.3, 0.4) is 0 Å². The molecule has 0 saturated carbocycles. The molecule has 0 unspecified atom stereocenters. The summed E-state index contributed by atoms with van der Waals surface area (Å²) in [5.41, 5.74) is 0. The molecule has 0 rings (SSSR count). The van der Waals surface area contributed by atoms with Crippen LogP contribution in [0.1, 0.15) is 0 Å². The number of halogens is 4. The molecule has 0 bridgehead atoms. The molecule has 0 fully saturated rings. The van der Waals surface area contributed by atoms with Crippen LogP contribution in [0, 0.1) is 0 Å². The molecule has 5 heavy (non-hydrogen) atoms. The zero-order valence-electron chi connectivity index (χ0n) is 2.04. The summed E-state index contributed by atoms with van der Waals surface area (Å²) in [7, 11) is 0. The van der Waals surface area contributed by atoms with E-state index in [1.54, 1.807) is 0 Å². The van der Waals surface area contributed by atoms with Gasteiger partial charge in [-0.05, 0) is 0 Å². The van der Waals surface area contributed by atoms with Crippen molar-refractivity contribution in [3.63, 3.8) is 0 Å². The first-order chi connectivity index (χ1) is 0. The van der Waals surface area contributed by atoms with Crippen molar-refractivity contribution in [2.45, 2.75) is 0 Å². The van der Waals surface area contributed by atoms with Crippen molar-refractivity contribution in [3.05, 3.63) is 0 Å². The molecule has 4 radical (unpaired) electrons. The minimum absolute atomic E-state index is 0. The maximum Gasteiger partial charge on any atom is 2.00 e. The molecular weight excluding hydrogens is 269 g/mol. The number of hydrogen-bond donors (Lipinski definition) is 0. The van der Waals surface area contributed by atoms with Crippen LogP contribution in [0.4, 0.5) is 0 Å². The van der Waals surface area contributed by atoms with E-state index in [-0.39, 0.29) is 73.3 Å². The summed E-state index contributed by atoms with van der Waals surface area (Å²) >= 11 is 0. The molecule has 0 heterocycles. The van der Waals surface area contributed by atoms with Crippen molar-refractivity contribution in [1.29, 1.82) is 0 Å². The van der Waals surface area contributed by atoms with Crippen molar-refractivity contribution in [1.82, 2.24) is 0 Å². The molecule has 0 aliphatic rings. The second-order valence-electron chi connectivity index (χ2n) is 0. The van der Waals surface area contributed by atoms with Gasteiger partial charge in [0.15, 0.2) is 0 Å². The van der Waals surface area contributed by atoms with E-state index in [9.17, 15) is 0 Å². The van der Waals surface area contributed by atoms with Crippen molar-refractivity contribution >= 4 is 73.3 Å². The molecule has 36 valence electrons. The van der Waals surface area contributed by atoms with Crippen LogP contribution in [0.5, 0.6) is 0 Å². The molecule has 0 aromatic heterocycles. The molecule has 0 spiro atoms. The van der Waals surface area contributed by atoms with Crippen molar-refractivity contribution < 1.29 is 0 Å². The van der Waals surface area contributed by atoms with Gasteiger partial charge in [0.2, 0.25) is 0 Å². The molecule has 0 nitrogen and oxygen atoms in total. The van der Waals surface area contributed by atoms with E-state index in [0.717, 1.165) is 0 Å². The standard InChI is InChI=1S/4ClH.Te/h4*1H;/q;;;;+2. The monoisotopic (exact) mass is 274 g/mol. The minimum Gasteiger partial charge on any atom is -0.147 e. The molecule has 0 saturated heterocycles. The van der Waals surface area contributed by atoms with Crippen molar-refractivity contribution in [2.75, 3.05) is 0 Å². The minimum atomic E-state index is 0. The third-order valence-electron chi connectivity index (χ3n) is 0. The third-order valence-corrected chi connectivity index (χ3v) is 0. The van der Waals surface area contributed by atoms with Crippen LogP contribution in [0.15, 0.2) is 0 Å². The summed E-state index contributed by atoms with van der Waals surface area (Å²) in [6, 6.07) is 0. The second kappa shape index (κ2) is 38.3. The Morgan fingerprint density at radius 2 is 0.400 bits per heavy atom. The van der Waals surface area contributed by atoms with Gasteiger partial charge in [0.1, 0.15) is 0 Å². The third kappa shape index (κ3) is 24.4. The van der Waals surface area contributed by atoms with E-state index in [1.165, 1.54) is 0 Å². The molecule has 0 atom stereocenters. The van der Waals surface area contributed by atoms with Crippen LogP contribution >= 0.6 is 49.6 Å². The van der Waals surface area contributed by atoms with Gasteiger partial charge in [-0.15, -0.1) is 49.6 Å². The Balaban J connectivity index is 0. The van der Waals surface area contributed by atoms with E-state index in [0.29, 0.717) is 0 Å². The normalized spacial score (nSPS) is 0. The Bertz CT molecular complexity index is 3.61. The van der Waals surface area contributed by atoms with E-state index in [1.807, 2.05) is 0 Å². The second-order valence-corrected chi connectivity index (χ2v) is 0. The summed E-state index contributed by atoms with van der Waals surface area (Å²) in [6.07, 6.45) is 0. The number of hydrogen-bond acceptors (Lipinski definition) is 0.